The number of aliphatic imine (C=N–C) groups is 1. The van der Waals surface area contributed by atoms with Gasteiger partial charge in [-0.3, -0.25) is 9.79 Å². The summed E-state index contributed by atoms with van der Waals surface area (Å²) in [6.07, 6.45) is 8.22. The lowest BCUT2D eigenvalue weighted by Crippen LogP contribution is -2.25. The largest absolute Gasteiger partial charge is 0.481 e. The van der Waals surface area contributed by atoms with Crippen LogP contribution < -0.4 is 5.32 Å². The number of aryl methyl sites for hydroxylation is 1. The van der Waals surface area contributed by atoms with Gasteiger partial charge in [0.15, 0.2) is 0 Å². The van der Waals surface area contributed by atoms with Gasteiger partial charge in [-0.15, -0.1) is 0 Å². The molecule has 4 heteroatoms. The zero-order valence-electron chi connectivity index (χ0n) is 17.7. The zero-order chi connectivity index (χ0) is 20.1. The smallest absolute Gasteiger partial charge is 0.307 e. The quantitative estimate of drug-likeness (QED) is 0.649. The monoisotopic (exact) mass is 384 g/mol. The lowest BCUT2D eigenvalue weighted by molar-refractivity contribution is -0.143. The third-order valence-electron chi connectivity index (χ3n) is 6.77. The summed E-state index contributed by atoms with van der Waals surface area (Å²) in [5, 5.41) is 13.0. The van der Waals surface area contributed by atoms with E-state index >= 15 is 0 Å². The van der Waals surface area contributed by atoms with Gasteiger partial charge in [-0.2, -0.15) is 0 Å². The summed E-state index contributed by atoms with van der Waals surface area (Å²) in [6.45, 7) is 7.87. The van der Waals surface area contributed by atoms with E-state index in [2.05, 4.69) is 50.4 Å². The molecule has 2 aliphatic rings. The zero-order valence-corrected chi connectivity index (χ0v) is 17.7. The highest BCUT2D eigenvalue weighted by Gasteiger charge is 2.31. The Hall–Kier alpha value is -1.84. The Morgan fingerprint density at radius 1 is 1.18 bits per heavy atom. The van der Waals surface area contributed by atoms with E-state index in [-0.39, 0.29) is 11.8 Å². The first-order valence-corrected chi connectivity index (χ1v) is 11.0. The first-order chi connectivity index (χ1) is 13.4. The third kappa shape index (κ3) is 5.36. The predicted molar refractivity (Wildman–Crippen MR) is 115 cm³/mol. The number of rotatable bonds is 8. The molecule has 2 N–H and O–H groups in total. The molecule has 28 heavy (non-hydrogen) atoms. The number of benzene rings is 1. The van der Waals surface area contributed by atoms with Gasteiger partial charge >= 0.3 is 5.97 Å². The minimum Gasteiger partial charge on any atom is -0.481 e. The van der Waals surface area contributed by atoms with E-state index in [9.17, 15) is 9.90 Å². The molecule has 0 saturated heterocycles. The Labute approximate surface area is 169 Å². The molecule has 0 bridgehead atoms. The molecule has 0 aromatic heterocycles. The highest BCUT2D eigenvalue weighted by Crippen LogP contribution is 2.38. The predicted octanol–water partition coefficient (Wildman–Crippen LogP) is 5.17. The molecule has 1 aliphatic carbocycles. The fourth-order valence-electron chi connectivity index (χ4n) is 4.62. The average molecular weight is 385 g/mol. The van der Waals surface area contributed by atoms with E-state index < -0.39 is 5.97 Å². The van der Waals surface area contributed by atoms with Crippen molar-refractivity contribution in [2.75, 3.05) is 6.54 Å². The molecule has 1 saturated carbocycles. The van der Waals surface area contributed by atoms with E-state index in [1.807, 2.05) is 0 Å². The van der Waals surface area contributed by atoms with Gasteiger partial charge in [0.1, 0.15) is 0 Å². The van der Waals surface area contributed by atoms with E-state index in [0.29, 0.717) is 11.5 Å². The minimum absolute atomic E-state index is 0.170. The number of nitrogens with one attached hydrogen (secondary N) is 1. The topological polar surface area (TPSA) is 61.7 Å². The molecule has 1 aliphatic heterocycles. The number of carboxylic acid groups (broad SMARTS) is 1. The van der Waals surface area contributed by atoms with Crippen molar-refractivity contribution >= 4 is 11.8 Å². The lowest BCUT2D eigenvalue weighted by Gasteiger charge is -2.29. The van der Waals surface area contributed by atoms with Gasteiger partial charge in [0.25, 0.3) is 0 Å². The highest BCUT2D eigenvalue weighted by molar-refractivity contribution is 5.84. The van der Waals surface area contributed by atoms with Crippen LogP contribution >= 0.6 is 0 Å². The molecule has 1 fully saturated rings. The molecule has 1 aromatic carbocycles. The summed E-state index contributed by atoms with van der Waals surface area (Å²) in [6, 6.07) is 9.06. The van der Waals surface area contributed by atoms with Crippen LogP contribution in [0.4, 0.5) is 0 Å². The van der Waals surface area contributed by atoms with Crippen molar-refractivity contribution in [3.8, 4) is 0 Å². The molecular formula is C24H36N2O2. The number of nitrogens with zero attached hydrogens (tertiary/aromatic N) is 1. The van der Waals surface area contributed by atoms with Gasteiger partial charge in [0.2, 0.25) is 0 Å². The fourth-order valence-corrected chi connectivity index (χ4v) is 4.62. The third-order valence-corrected chi connectivity index (χ3v) is 6.77. The number of hydrogen-bond acceptors (Lipinski definition) is 3. The van der Waals surface area contributed by atoms with Gasteiger partial charge in [0.05, 0.1) is 17.8 Å². The Kier molecular flexibility index (Phi) is 6.79. The standard InChI is InChI=1S/C24H36N2O2/c1-4-24(2,3)15-19-16-25-22(26-19)14-11-17-9-12-18(13-10-17)20-7-5-6-8-21(20)23(27)28/h9-10,12-13,19-21H,4-8,11,14-16H2,1-3H3,(H,25,26)(H,27,28). The van der Waals surface area contributed by atoms with Crippen LogP contribution in [0.1, 0.15) is 82.8 Å². The summed E-state index contributed by atoms with van der Waals surface area (Å²) in [7, 11) is 0. The SMILES string of the molecule is CCC(C)(C)CC1CNC(CCc2ccc(C3CCCCC3C(=O)O)cc2)=N1. The van der Waals surface area contributed by atoms with E-state index in [1.165, 1.54) is 17.5 Å². The summed E-state index contributed by atoms with van der Waals surface area (Å²) in [5.41, 5.74) is 2.84. The van der Waals surface area contributed by atoms with Gasteiger partial charge in [-0.1, -0.05) is 64.3 Å². The summed E-state index contributed by atoms with van der Waals surface area (Å²) in [5.74, 6) is 0.448. The molecule has 1 heterocycles. The first kappa shape index (κ1) is 20.9. The van der Waals surface area contributed by atoms with Crippen molar-refractivity contribution < 1.29 is 9.90 Å². The molecule has 0 spiro atoms. The van der Waals surface area contributed by atoms with Crippen molar-refractivity contribution in [3.05, 3.63) is 35.4 Å². The molecule has 0 radical (unpaired) electrons. The molecule has 154 valence electrons. The van der Waals surface area contributed by atoms with Gasteiger partial charge < -0.3 is 10.4 Å². The minimum atomic E-state index is -0.639. The Morgan fingerprint density at radius 3 is 2.57 bits per heavy atom. The summed E-state index contributed by atoms with van der Waals surface area (Å²) >= 11 is 0. The van der Waals surface area contributed by atoms with Crippen molar-refractivity contribution in [1.29, 1.82) is 0 Å². The van der Waals surface area contributed by atoms with Crippen LogP contribution in [-0.2, 0) is 11.2 Å². The molecule has 4 nitrogen and oxygen atoms in total. The van der Waals surface area contributed by atoms with Crippen LogP contribution in [-0.4, -0.2) is 29.5 Å². The maximum absolute atomic E-state index is 11.6. The number of hydrogen-bond donors (Lipinski definition) is 2. The van der Waals surface area contributed by atoms with Crippen LogP contribution in [0, 0.1) is 11.3 Å². The van der Waals surface area contributed by atoms with Crippen LogP contribution in [0.3, 0.4) is 0 Å². The van der Waals surface area contributed by atoms with Crippen molar-refractivity contribution in [2.24, 2.45) is 16.3 Å². The van der Waals surface area contributed by atoms with Crippen molar-refractivity contribution in [3.63, 3.8) is 0 Å². The molecule has 0 amide bonds. The lowest BCUT2D eigenvalue weighted by atomic mass is 9.75. The second kappa shape index (κ2) is 9.11. The Bertz CT molecular complexity index is 693. The number of aliphatic carboxylic acids is 1. The summed E-state index contributed by atoms with van der Waals surface area (Å²) in [4.78, 5) is 16.5. The molecule has 3 unspecified atom stereocenters. The molecule has 3 rings (SSSR count). The van der Waals surface area contributed by atoms with E-state index in [1.54, 1.807) is 0 Å². The number of carbonyl (C=O) groups is 1. The maximum atomic E-state index is 11.6. The van der Waals surface area contributed by atoms with Gasteiger partial charge in [0, 0.05) is 13.0 Å². The van der Waals surface area contributed by atoms with Crippen molar-refractivity contribution in [2.45, 2.75) is 84.1 Å². The van der Waals surface area contributed by atoms with Crippen LogP contribution in [0.25, 0.3) is 0 Å². The van der Waals surface area contributed by atoms with Crippen LogP contribution in [0.15, 0.2) is 29.3 Å². The fraction of sp³-hybridized carbons (Fsp3) is 0.667. The van der Waals surface area contributed by atoms with Gasteiger partial charge in [-0.05, 0) is 48.1 Å². The maximum Gasteiger partial charge on any atom is 0.307 e. The first-order valence-electron chi connectivity index (χ1n) is 11.0. The average Bonchev–Trinajstić information content (AvgIpc) is 3.13. The normalized spacial score (nSPS) is 25.2. The van der Waals surface area contributed by atoms with E-state index in [4.69, 9.17) is 4.99 Å². The molecule has 3 atom stereocenters. The van der Waals surface area contributed by atoms with E-state index in [0.717, 1.165) is 57.3 Å². The summed E-state index contributed by atoms with van der Waals surface area (Å²) < 4.78 is 0. The molecule has 1 aromatic rings. The van der Waals surface area contributed by atoms with Gasteiger partial charge in [-0.25, -0.2) is 0 Å². The number of carboxylic acids is 1. The second-order valence-corrected chi connectivity index (χ2v) is 9.41. The highest BCUT2D eigenvalue weighted by atomic mass is 16.4. The number of amidine groups is 1. The Balaban J connectivity index is 1.54. The Morgan fingerprint density at radius 2 is 1.89 bits per heavy atom. The van der Waals surface area contributed by atoms with Crippen LogP contribution in [0.2, 0.25) is 0 Å². The second-order valence-electron chi connectivity index (χ2n) is 9.41. The van der Waals surface area contributed by atoms with Crippen LogP contribution in [0.5, 0.6) is 0 Å². The van der Waals surface area contributed by atoms with Crippen molar-refractivity contribution in [1.82, 2.24) is 5.32 Å². The molecular weight excluding hydrogens is 348 g/mol.